The van der Waals surface area contributed by atoms with Crippen molar-refractivity contribution in [2.75, 3.05) is 5.75 Å². The molecule has 2 unspecified atom stereocenters. The van der Waals surface area contributed by atoms with Gasteiger partial charge in [0, 0.05) is 6.04 Å². The molecule has 0 spiro atoms. The number of rotatable bonds is 6. The first kappa shape index (κ1) is 13.1. The van der Waals surface area contributed by atoms with Crippen molar-refractivity contribution in [3.05, 3.63) is 10.5 Å². The molecular weight excluding hydrogens is 237 g/mol. The summed E-state index contributed by atoms with van der Waals surface area (Å²) >= 11 is 2.14. The van der Waals surface area contributed by atoms with Crippen molar-refractivity contribution in [3.63, 3.8) is 0 Å². The van der Waals surface area contributed by atoms with Gasteiger partial charge in [-0.1, -0.05) is 32.8 Å². The Balaban J connectivity index is 1.50. The van der Waals surface area contributed by atoms with E-state index in [1.54, 1.807) is 4.91 Å². The monoisotopic (exact) mass is 263 g/mol. The van der Waals surface area contributed by atoms with Crippen molar-refractivity contribution >= 4 is 19.0 Å². The number of nitrogens with two attached hydrogens (primary N) is 1. The molecule has 2 N–H and O–H groups in total. The molecular formula is C15H26BNS. The van der Waals surface area contributed by atoms with Gasteiger partial charge in [0.25, 0.3) is 0 Å². The summed E-state index contributed by atoms with van der Waals surface area (Å²) in [5.74, 6) is 2.17. The highest BCUT2D eigenvalue weighted by molar-refractivity contribution is 8.03. The smallest absolute Gasteiger partial charge is 0.143 e. The van der Waals surface area contributed by atoms with Crippen LogP contribution in [0.5, 0.6) is 0 Å². The SMILES string of the molecule is CC(C)CCSC1=C2CC2(B[C@@]2(C)CCC2N)C1. The first-order chi connectivity index (χ1) is 8.45. The van der Waals surface area contributed by atoms with Crippen LogP contribution in [-0.4, -0.2) is 19.1 Å². The van der Waals surface area contributed by atoms with Crippen molar-refractivity contribution in [3.8, 4) is 0 Å². The lowest BCUT2D eigenvalue weighted by Crippen LogP contribution is -2.48. The Hall–Kier alpha value is 0.115. The van der Waals surface area contributed by atoms with Gasteiger partial charge in [0.15, 0.2) is 0 Å². The fraction of sp³-hybridized carbons (Fsp3) is 0.867. The topological polar surface area (TPSA) is 26.0 Å². The molecule has 2 fully saturated rings. The molecule has 0 aliphatic heterocycles. The molecule has 0 bridgehead atoms. The van der Waals surface area contributed by atoms with Gasteiger partial charge in [-0.05, 0) is 52.9 Å². The average Bonchev–Trinajstić information content (AvgIpc) is 2.88. The molecule has 3 atom stereocenters. The van der Waals surface area contributed by atoms with Crippen LogP contribution in [-0.2, 0) is 0 Å². The van der Waals surface area contributed by atoms with Crippen LogP contribution in [0.1, 0.15) is 52.9 Å². The molecule has 3 aliphatic rings. The van der Waals surface area contributed by atoms with E-state index in [2.05, 4.69) is 32.5 Å². The van der Waals surface area contributed by atoms with E-state index < -0.39 is 0 Å². The van der Waals surface area contributed by atoms with E-state index in [1.165, 1.54) is 45.1 Å². The largest absolute Gasteiger partial charge is 0.328 e. The number of hydrogen-bond acceptors (Lipinski definition) is 2. The lowest BCUT2D eigenvalue weighted by Gasteiger charge is -2.47. The van der Waals surface area contributed by atoms with Crippen LogP contribution in [0, 0.1) is 5.92 Å². The second kappa shape index (κ2) is 4.31. The molecule has 0 aromatic rings. The van der Waals surface area contributed by atoms with E-state index in [1.807, 2.05) is 5.57 Å². The molecule has 0 saturated heterocycles. The number of allylic oxidation sites excluding steroid dienone is 2. The van der Waals surface area contributed by atoms with Crippen LogP contribution < -0.4 is 5.73 Å². The third kappa shape index (κ3) is 2.08. The normalized spacial score (nSPS) is 41.3. The number of fused-ring (bicyclic) bond motifs is 1. The Morgan fingerprint density at radius 3 is 2.72 bits per heavy atom. The van der Waals surface area contributed by atoms with Crippen molar-refractivity contribution in [1.82, 2.24) is 0 Å². The van der Waals surface area contributed by atoms with Gasteiger partial charge in [-0.25, -0.2) is 0 Å². The summed E-state index contributed by atoms with van der Waals surface area (Å²) in [7, 11) is 1.38. The molecule has 0 amide bonds. The number of thioether (sulfide) groups is 1. The minimum atomic E-state index is 0.468. The fourth-order valence-electron chi connectivity index (χ4n) is 3.75. The third-order valence-electron chi connectivity index (χ3n) is 5.50. The van der Waals surface area contributed by atoms with Gasteiger partial charge in [-0.3, -0.25) is 0 Å². The third-order valence-corrected chi connectivity index (χ3v) is 6.68. The molecule has 1 nitrogen and oxygen atoms in total. The van der Waals surface area contributed by atoms with Gasteiger partial charge in [-0.2, -0.15) is 0 Å². The second-order valence-corrected chi connectivity index (χ2v) is 8.73. The predicted octanol–water partition coefficient (Wildman–Crippen LogP) is 3.72. The molecule has 0 radical (unpaired) electrons. The van der Waals surface area contributed by atoms with E-state index in [-0.39, 0.29) is 0 Å². The van der Waals surface area contributed by atoms with Crippen LogP contribution in [0.3, 0.4) is 0 Å². The summed E-state index contributed by atoms with van der Waals surface area (Å²) < 4.78 is 0. The maximum atomic E-state index is 6.19. The predicted molar refractivity (Wildman–Crippen MR) is 83.6 cm³/mol. The van der Waals surface area contributed by atoms with Gasteiger partial charge in [0.1, 0.15) is 7.28 Å². The summed E-state index contributed by atoms with van der Waals surface area (Å²) in [5, 5.41) is 1.11. The Labute approximate surface area is 117 Å². The van der Waals surface area contributed by atoms with Gasteiger partial charge in [0.2, 0.25) is 0 Å². The number of hydrogen-bond donors (Lipinski definition) is 1. The van der Waals surface area contributed by atoms with Crippen molar-refractivity contribution < 1.29 is 0 Å². The second-order valence-electron chi connectivity index (χ2n) is 7.54. The zero-order valence-electron chi connectivity index (χ0n) is 12.1. The molecule has 0 aromatic carbocycles. The van der Waals surface area contributed by atoms with Gasteiger partial charge >= 0.3 is 0 Å². The molecule has 100 valence electrons. The lowest BCUT2D eigenvalue weighted by molar-refractivity contribution is 0.295. The summed E-state index contributed by atoms with van der Waals surface area (Å²) in [6.45, 7) is 7.05. The van der Waals surface area contributed by atoms with Crippen LogP contribution in [0.2, 0.25) is 10.6 Å². The van der Waals surface area contributed by atoms with E-state index in [0.29, 0.717) is 16.7 Å². The van der Waals surface area contributed by atoms with Crippen LogP contribution in [0.4, 0.5) is 0 Å². The van der Waals surface area contributed by atoms with Gasteiger partial charge in [0.05, 0.1) is 0 Å². The van der Waals surface area contributed by atoms with Gasteiger partial charge < -0.3 is 5.73 Å². The molecule has 3 rings (SSSR count). The fourth-order valence-corrected chi connectivity index (χ4v) is 5.43. The Morgan fingerprint density at radius 1 is 1.44 bits per heavy atom. The summed E-state index contributed by atoms with van der Waals surface area (Å²) in [6, 6.07) is 0.478. The average molecular weight is 263 g/mol. The van der Waals surface area contributed by atoms with Crippen LogP contribution in [0.15, 0.2) is 10.5 Å². The Bertz CT molecular complexity index is 392. The van der Waals surface area contributed by atoms with Crippen LogP contribution in [0.25, 0.3) is 0 Å². The molecule has 3 aliphatic carbocycles. The molecule has 0 aromatic heterocycles. The highest BCUT2D eigenvalue weighted by atomic mass is 32.2. The zero-order chi connectivity index (χ0) is 13.0. The maximum absolute atomic E-state index is 6.19. The minimum absolute atomic E-state index is 0.468. The van der Waals surface area contributed by atoms with Crippen molar-refractivity contribution in [2.45, 2.75) is 69.5 Å². The summed E-state index contributed by atoms with van der Waals surface area (Å²) in [5.41, 5.74) is 8.00. The van der Waals surface area contributed by atoms with Crippen LogP contribution >= 0.6 is 11.8 Å². The van der Waals surface area contributed by atoms with E-state index in [4.69, 9.17) is 5.73 Å². The molecule has 2 saturated carbocycles. The standard InChI is InChI=1S/C15H26BNS/c1-10(2)5-7-18-12-9-15(8-11(12)15)16-14(3)6-4-13(14)17/h10,13,16H,4-9,17H2,1-3H3/t13?,14-,15?/m0/s1. The van der Waals surface area contributed by atoms with Crippen molar-refractivity contribution in [2.24, 2.45) is 11.7 Å². The molecule has 18 heavy (non-hydrogen) atoms. The minimum Gasteiger partial charge on any atom is -0.328 e. The Morgan fingerprint density at radius 2 is 2.22 bits per heavy atom. The maximum Gasteiger partial charge on any atom is 0.143 e. The first-order valence-electron chi connectivity index (χ1n) is 7.56. The summed E-state index contributed by atoms with van der Waals surface area (Å²) in [6.07, 6.45) is 6.75. The quantitative estimate of drug-likeness (QED) is 0.739. The van der Waals surface area contributed by atoms with E-state index >= 15 is 0 Å². The summed E-state index contributed by atoms with van der Waals surface area (Å²) in [4.78, 5) is 1.74. The Kier molecular flexibility index (Phi) is 3.14. The van der Waals surface area contributed by atoms with Gasteiger partial charge in [-0.15, -0.1) is 11.8 Å². The highest BCUT2D eigenvalue weighted by Crippen LogP contribution is 2.77. The van der Waals surface area contributed by atoms with E-state index in [9.17, 15) is 0 Å². The highest BCUT2D eigenvalue weighted by Gasteiger charge is 2.62. The molecule has 0 heterocycles. The van der Waals surface area contributed by atoms with E-state index in [0.717, 1.165) is 5.92 Å². The lowest BCUT2D eigenvalue weighted by atomic mass is 9.34. The van der Waals surface area contributed by atoms with Crippen molar-refractivity contribution in [1.29, 1.82) is 0 Å². The zero-order valence-corrected chi connectivity index (χ0v) is 12.9. The first-order valence-corrected chi connectivity index (χ1v) is 8.55. The molecule has 3 heteroatoms.